The molecule has 1 heterocycles. The smallest absolute Gasteiger partial charge is 0.243 e. The molecule has 2 rings (SSSR count). The van der Waals surface area contributed by atoms with Crippen LogP contribution in [0, 0.1) is 9.49 Å². The first-order valence-electron chi connectivity index (χ1n) is 7.94. The van der Waals surface area contributed by atoms with Gasteiger partial charge in [0.1, 0.15) is 0 Å². The van der Waals surface area contributed by atoms with Gasteiger partial charge >= 0.3 is 0 Å². The summed E-state index contributed by atoms with van der Waals surface area (Å²) in [4.78, 5) is 14.6. The molecule has 0 bridgehead atoms. The number of carbonyl (C=O) groups excluding carboxylic acids is 1. The van der Waals surface area contributed by atoms with Crippen LogP contribution < -0.4 is 0 Å². The van der Waals surface area contributed by atoms with E-state index in [1.165, 1.54) is 4.31 Å². The van der Waals surface area contributed by atoms with Crippen LogP contribution in [0.15, 0.2) is 29.2 Å². The Morgan fingerprint density at radius 3 is 2.43 bits per heavy atom. The third-order valence-electron chi connectivity index (χ3n) is 4.26. The molecule has 0 radical (unpaired) electrons. The monoisotopic (exact) mass is 450 g/mol. The summed E-state index contributed by atoms with van der Waals surface area (Å²) in [5.74, 6) is -0.167. The molecule has 1 unspecified atom stereocenters. The first kappa shape index (κ1) is 18.7. The summed E-state index contributed by atoms with van der Waals surface area (Å²) < 4.78 is 28.0. The molecule has 5 nitrogen and oxygen atoms in total. The molecular formula is C16H23IN2O3S. The molecule has 1 amide bonds. The fourth-order valence-electron chi connectivity index (χ4n) is 2.91. The van der Waals surface area contributed by atoms with Crippen LogP contribution in [0.1, 0.15) is 26.7 Å². The number of sulfonamides is 1. The van der Waals surface area contributed by atoms with E-state index in [0.29, 0.717) is 24.5 Å². The van der Waals surface area contributed by atoms with E-state index in [9.17, 15) is 13.2 Å². The minimum Gasteiger partial charge on any atom is -0.343 e. The molecule has 1 atom stereocenters. The SMILES string of the molecule is CCN(CC)C(=O)C1CCCN(S(=O)(=O)c2ccc(I)cc2)C1. The molecule has 0 N–H and O–H groups in total. The maximum atomic E-state index is 12.8. The number of halogens is 1. The average molecular weight is 450 g/mol. The molecule has 0 aromatic heterocycles. The van der Waals surface area contributed by atoms with Crippen LogP contribution in [-0.2, 0) is 14.8 Å². The first-order chi connectivity index (χ1) is 10.9. The van der Waals surface area contributed by atoms with Gasteiger partial charge in [0, 0.05) is 29.7 Å². The molecule has 1 aliphatic heterocycles. The number of carbonyl (C=O) groups is 1. The fourth-order valence-corrected chi connectivity index (χ4v) is 4.79. The van der Waals surface area contributed by atoms with Gasteiger partial charge in [-0.2, -0.15) is 4.31 Å². The maximum absolute atomic E-state index is 12.8. The van der Waals surface area contributed by atoms with Crippen LogP contribution in [0.4, 0.5) is 0 Å². The van der Waals surface area contributed by atoms with Crippen LogP contribution in [0.2, 0.25) is 0 Å². The largest absolute Gasteiger partial charge is 0.343 e. The highest BCUT2D eigenvalue weighted by molar-refractivity contribution is 14.1. The van der Waals surface area contributed by atoms with Crippen LogP contribution in [0.3, 0.4) is 0 Å². The van der Waals surface area contributed by atoms with Crippen molar-refractivity contribution >= 4 is 38.5 Å². The summed E-state index contributed by atoms with van der Waals surface area (Å²) in [6.07, 6.45) is 1.48. The van der Waals surface area contributed by atoms with Gasteiger partial charge < -0.3 is 4.90 Å². The van der Waals surface area contributed by atoms with Gasteiger partial charge in [-0.15, -0.1) is 0 Å². The Bertz CT molecular complexity index is 642. The molecule has 0 saturated carbocycles. The summed E-state index contributed by atoms with van der Waals surface area (Å²) in [7, 11) is -3.53. The van der Waals surface area contributed by atoms with Crippen LogP contribution in [0.5, 0.6) is 0 Å². The number of benzene rings is 1. The van der Waals surface area contributed by atoms with Gasteiger partial charge in [0.15, 0.2) is 0 Å². The van der Waals surface area contributed by atoms with Gasteiger partial charge in [-0.3, -0.25) is 4.79 Å². The topological polar surface area (TPSA) is 57.7 Å². The number of hydrogen-bond donors (Lipinski definition) is 0. The van der Waals surface area contributed by atoms with E-state index in [1.54, 1.807) is 29.2 Å². The quantitative estimate of drug-likeness (QED) is 0.649. The van der Waals surface area contributed by atoms with E-state index in [1.807, 2.05) is 13.8 Å². The molecule has 23 heavy (non-hydrogen) atoms. The summed E-state index contributed by atoms with van der Waals surface area (Å²) in [6.45, 7) is 5.99. The van der Waals surface area contributed by atoms with Crippen molar-refractivity contribution in [2.45, 2.75) is 31.6 Å². The minimum absolute atomic E-state index is 0.0671. The summed E-state index contributed by atoms with van der Waals surface area (Å²) >= 11 is 2.15. The van der Waals surface area contributed by atoms with Gasteiger partial charge in [0.25, 0.3) is 0 Å². The van der Waals surface area contributed by atoms with Gasteiger partial charge in [-0.25, -0.2) is 8.42 Å². The highest BCUT2D eigenvalue weighted by Crippen LogP contribution is 2.25. The van der Waals surface area contributed by atoms with E-state index in [2.05, 4.69) is 22.6 Å². The highest BCUT2D eigenvalue weighted by atomic mass is 127. The van der Waals surface area contributed by atoms with E-state index >= 15 is 0 Å². The Balaban J connectivity index is 2.17. The predicted octanol–water partition coefficient (Wildman–Crippen LogP) is 2.56. The number of hydrogen-bond acceptors (Lipinski definition) is 3. The third-order valence-corrected chi connectivity index (χ3v) is 6.86. The Labute approximate surface area is 152 Å². The van der Waals surface area contributed by atoms with Crippen LogP contribution in [0.25, 0.3) is 0 Å². The van der Waals surface area contributed by atoms with E-state index in [4.69, 9.17) is 0 Å². The lowest BCUT2D eigenvalue weighted by Crippen LogP contribution is -2.46. The highest BCUT2D eigenvalue weighted by Gasteiger charge is 2.34. The van der Waals surface area contributed by atoms with Gasteiger partial charge in [-0.1, -0.05) is 0 Å². The normalized spacial score (nSPS) is 19.5. The Morgan fingerprint density at radius 1 is 1.26 bits per heavy atom. The fraction of sp³-hybridized carbons (Fsp3) is 0.562. The number of nitrogens with zero attached hydrogens (tertiary/aromatic N) is 2. The van der Waals surface area contributed by atoms with Gasteiger partial charge in [0.05, 0.1) is 10.8 Å². The second-order valence-electron chi connectivity index (χ2n) is 5.67. The van der Waals surface area contributed by atoms with Crippen molar-refractivity contribution in [2.75, 3.05) is 26.2 Å². The molecule has 1 saturated heterocycles. The minimum atomic E-state index is -3.53. The second kappa shape index (κ2) is 7.94. The number of piperidine rings is 1. The zero-order valence-electron chi connectivity index (χ0n) is 13.5. The predicted molar refractivity (Wildman–Crippen MR) is 98.6 cm³/mol. The molecule has 1 aromatic rings. The Kier molecular flexibility index (Phi) is 6.44. The summed E-state index contributed by atoms with van der Waals surface area (Å²) in [5, 5.41) is 0. The van der Waals surface area contributed by atoms with Crippen molar-refractivity contribution in [3.05, 3.63) is 27.8 Å². The lowest BCUT2D eigenvalue weighted by molar-refractivity contribution is -0.136. The lowest BCUT2D eigenvalue weighted by Gasteiger charge is -2.33. The summed E-state index contributed by atoms with van der Waals surface area (Å²) in [6, 6.07) is 6.84. The van der Waals surface area contributed by atoms with Crippen molar-refractivity contribution in [1.82, 2.24) is 9.21 Å². The Hall–Kier alpha value is -0.670. The standard InChI is InChI=1S/C16H23IN2O3S/c1-3-18(4-2)16(20)13-6-5-11-19(12-13)23(21,22)15-9-7-14(17)8-10-15/h7-10,13H,3-6,11-12H2,1-2H3. The van der Waals surface area contributed by atoms with E-state index in [-0.39, 0.29) is 18.4 Å². The van der Waals surface area contributed by atoms with Crippen LogP contribution >= 0.6 is 22.6 Å². The maximum Gasteiger partial charge on any atom is 0.243 e. The zero-order chi connectivity index (χ0) is 17.0. The molecular weight excluding hydrogens is 427 g/mol. The molecule has 1 aliphatic rings. The van der Waals surface area contributed by atoms with Crippen molar-refractivity contribution in [2.24, 2.45) is 5.92 Å². The molecule has 7 heteroatoms. The van der Waals surface area contributed by atoms with Crippen molar-refractivity contribution < 1.29 is 13.2 Å². The lowest BCUT2D eigenvalue weighted by atomic mass is 9.98. The number of amides is 1. The van der Waals surface area contributed by atoms with Crippen molar-refractivity contribution in [1.29, 1.82) is 0 Å². The summed E-state index contributed by atoms with van der Waals surface area (Å²) in [5.41, 5.74) is 0. The Morgan fingerprint density at radius 2 is 1.87 bits per heavy atom. The molecule has 128 valence electrons. The molecule has 0 spiro atoms. The van der Waals surface area contributed by atoms with Crippen molar-refractivity contribution in [3.63, 3.8) is 0 Å². The molecule has 1 aromatic carbocycles. The average Bonchev–Trinajstić information content (AvgIpc) is 2.56. The number of rotatable bonds is 5. The molecule has 1 fully saturated rings. The van der Waals surface area contributed by atoms with E-state index < -0.39 is 10.0 Å². The van der Waals surface area contributed by atoms with Crippen LogP contribution in [-0.4, -0.2) is 49.7 Å². The zero-order valence-corrected chi connectivity index (χ0v) is 16.5. The second-order valence-corrected chi connectivity index (χ2v) is 8.85. The van der Waals surface area contributed by atoms with Gasteiger partial charge in [0.2, 0.25) is 15.9 Å². The van der Waals surface area contributed by atoms with Gasteiger partial charge in [-0.05, 0) is 73.5 Å². The van der Waals surface area contributed by atoms with Crippen molar-refractivity contribution in [3.8, 4) is 0 Å². The van der Waals surface area contributed by atoms with E-state index in [0.717, 1.165) is 16.4 Å². The third kappa shape index (κ3) is 4.24. The molecule has 0 aliphatic carbocycles. The first-order valence-corrected chi connectivity index (χ1v) is 10.5.